The summed E-state index contributed by atoms with van der Waals surface area (Å²) < 4.78 is 37.9. The van der Waals surface area contributed by atoms with Crippen molar-refractivity contribution >= 4 is 22.6 Å². The molecule has 23 heavy (non-hydrogen) atoms. The Bertz CT molecular complexity index is 686. The molecule has 0 N–H and O–H groups in total. The van der Waals surface area contributed by atoms with E-state index < -0.39 is 28.3 Å². The Kier molecular flexibility index (Phi) is 4.12. The third kappa shape index (κ3) is 3.07. The van der Waals surface area contributed by atoms with Crippen molar-refractivity contribution in [3.63, 3.8) is 0 Å². The van der Waals surface area contributed by atoms with E-state index in [1.165, 1.54) is 0 Å². The quantitative estimate of drug-likeness (QED) is 0.785. The summed E-state index contributed by atoms with van der Waals surface area (Å²) in [6, 6.07) is 7.77. The maximum atomic E-state index is 12.1. The van der Waals surface area contributed by atoms with Crippen molar-refractivity contribution in [2.24, 2.45) is 0 Å². The predicted molar refractivity (Wildman–Crippen MR) is 91.0 cm³/mol. The zero-order valence-electron chi connectivity index (χ0n) is 14.2. The van der Waals surface area contributed by atoms with E-state index in [0.29, 0.717) is 19.5 Å². The summed E-state index contributed by atoms with van der Waals surface area (Å²) in [6.45, 7) is 9.02. The van der Waals surface area contributed by atoms with Crippen LogP contribution in [-0.4, -0.2) is 43.3 Å². The van der Waals surface area contributed by atoms with Crippen molar-refractivity contribution in [3.8, 4) is 0 Å². The van der Waals surface area contributed by atoms with Crippen molar-refractivity contribution < 1.29 is 17.7 Å². The molecule has 2 fully saturated rings. The predicted octanol–water partition coefficient (Wildman–Crippen LogP) is 1.52. The lowest BCUT2D eigenvalue weighted by molar-refractivity contribution is 0.00578. The molecule has 3 rings (SSSR count). The molecule has 0 unspecified atom stereocenters. The fourth-order valence-corrected chi connectivity index (χ4v) is 4.43. The van der Waals surface area contributed by atoms with E-state index in [1.807, 2.05) is 52.0 Å². The normalized spacial score (nSPS) is 25.8. The summed E-state index contributed by atoms with van der Waals surface area (Å²) in [5.41, 5.74) is 1.03. The first kappa shape index (κ1) is 17.0. The molecule has 0 aromatic heterocycles. The monoisotopic (exact) mass is 337 g/mol. The van der Waals surface area contributed by atoms with E-state index in [1.54, 1.807) is 4.31 Å². The molecular weight excluding hydrogens is 313 g/mol. The van der Waals surface area contributed by atoms with Gasteiger partial charge in [-0.3, -0.25) is 0 Å². The summed E-state index contributed by atoms with van der Waals surface area (Å²) >= 11 is 0. The lowest BCUT2D eigenvalue weighted by Gasteiger charge is -2.32. The number of nitrogens with zero attached hydrogens (tertiary/aromatic N) is 1. The highest BCUT2D eigenvalue weighted by Crippen LogP contribution is 2.36. The van der Waals surface area contributed by atoms with Crippen molar-refractivity contribution in [2.75, 3.05) is 12.3 Å². The van der Waals surface area contributed by atoms with Gasteiger partial charge in [0.15, 0.2) is 0 Å². The topological polar surface area (TPSA) is 55.8 Å². The van der Waals surface area contributed by atoms with Crippen molar-refractivity contribution in [2.45, 2.75) is 51.9 Å². The van der Waals surface area contributed by atoms with Gasteiger partial charge < -0.3 is 9.31 Å². The van der Waals surface area contributed by atoms with E-state index in [0.717, 1.165) is 11.0 Å². The molecule has 1 aromatic rings. The zero-order chi connectivity index (χ0) is 16.9. The molecule has 0 aliphatic carbocycles. The van der Waals surface area contributed by atoms with Gasteiger partial charge in [-0.15, -0.1) is 0 Å². The van der Waals surface area contributed by atoms with Crippen LogP contribution in [0.15, 0.2) is 24.3 Å². The first-order valence-electron chi connectivity index (χ1n) is 8.04. The standard InChI is InChI=1S/C16H24BNO4S/c1-15(2)16(3,4)22-17(21-15)14-9-6-5-8-13(14)12-18-10-7-11-23(18,19)20/h5-6,8-9H,7,10-12H2,1-4H3. The SMILES string of the molecule is CC1(C)OB(c2ccccc2CN2CCCS2(=O)=O)OC1(C)C. The van der Waals surface area contributed by atoms with Crippen LogP contribution < -0.4 is 5.46 Å². The lowest BCUT2D eigenvalue weighted by atomic mass is 9.76. The van der Waals surface area contributed by atoms with Crippen LogP contribution in [0.1, 0.15) is 39.7 Å². The second kappa shape index (κ2) is 5.58. The highest BCUT2D eigenvalue weighted by atomic mass is 32.2. The molecule has 0 saturated carbocycles. The molecule has 126 valence electrons. The molecule has 0 radical (unpaired) electrons. The summed E-state index contributed by atoms with van der Waals surface area (Å²) in [5.74, 6) is 0.242. The Hall–Kier alpha value is -0.885. The van der Waals surface area contributed by atoms with Gasteiger partial charge in [0.2, 0.25) is 10.0 Å². The van der Waals surface area contributed by atoms with Gasteiger partial charge in [-0.25, -0.2) is 8.42 Å². The van der Waals surface area contributed by atoms with Gasteiger partial charge in [-0.1, -0.05) is 24.3 Å². The maximum Gasteiger partial charge on any atom is 0.495 e. The van der Waals surface area contributed by atoms with Crippen LogP contribution in [0.5, 0.6) is 0 Å². The average Bonchev–Trinajstić information content (AvgIpc) is 2.87. The van der Waals surface area contributed by atoms with E-state index >= 15 is 0 Å². The number of benzene rings is 1. The fourth-order valence-electron chi connectivity index (χ4n) is 2.94. The van der Waals surface area contributed by atoms with Crippen LogP contribution in [0.2, 0.25) is 0 Å². The minimum absolute atomic E-state index is 0.242. The van der Waals surface area contributed by atoms with Crippen LogP contribution >= 0.6 is 0 Å². The number of sulfonamides is 1. The maximum absolute atomic E-state index is 12.1. The van der Waals surface area contributed by atoms with Gasteiger partial charge in [0.05, 0.1) is 17.0 Å². The minimum atomic E-state index is -3.12. The summed E-state index contributed by atoms with van der Waals surface area (Å²) in [7, 11) is -3.59. The summed E-state index contributed by atoms with van der Waals surface area (Å²) in [4.78, 5) is 0. The molecule has 0 amide bonds. The number of rotatable bonds is 3. The van der Waals surface area contributed by atoms with E-state index in [9.17, 15) is 8.42 Å². The number of hydrogen-bond donors (Lipinski definition) is 0. The first-order chi connectivity index (χ1) is 10.6. The van der Waals surface area contributed by atoms with Gasteiger partial charge in [-0.2, -0.15) is 4.31 Å². The van der Waals surface area contributed by atoms with Crippen LogP contribution in [0.4, 0.5) is 0 Å². The second-order valence-electron chi connectivity index (χ2n) is 7.29. The number of hydrogen-bond acceptors (Lipinski definition) is 4. The Labute approximate surface area is 139 Å². The molecule has 0 bridgehead atoms. The third-order valence-electron chi connectivity index (χ3n) is 5.11. The smallest absolute Gasteiger partial charge is 0.399 e. The highest BCUT2D eigenvalue weighted by molar-refractivity contribution is 7.89. The van der Waals surface area contributed by atoms with Crippen LogP contribution in [0.25, 0.3) is 0 Å². The van der Waals surface area contributed by atoms with E-state index in [2.05, 4.69) is 0 Å². The molecule has 2 heterocycles. The Balaban J connectivity index is 1.88. The largest absolute Gasteiger partial charge is 0.495 e. The van der Waals surface area contributed by atoms with Crippen LogP contribution in [0.3, 0.4) is 0 Å². The van der Waals surface area contributed by atoms with Gasteiger partial charge >= 0.3 is 7.12 Å². The molecule has 0 spiro atoms. The van der Waals surface area contributed by atoms with Crippen LogP contribution in [-0.2, 0) is 25.9 Å². The molecule has 0 atom stereocenters. The minimum Gasteiger partial charge on any atom is -0.399 e. The fraction of sp³-hybridized carbons (Fsp3) is 0.625. The average molecular weight is 337 g/mol. The molecule has 2 aliphatic rings. The summed E-state index contributed by atoms with van der Waals surface area (Å²) in [5, 5.41) is 0. The van der Waals surface area contributed by atoms with Gasteiger partial charge in [-0.05, 0) is 45.1 Å². The van der Waals surface area contributed by atoms with E-state index in [-0.39, 0.29) is 5.75 Å². The van der Waals surface area contributed by atoms with E-state index in [4.69, 9.17) is 9.31 Å². The molecular formula is C16H24BNO4S. The highest BCUT2D eigenvalue weighted by Gasteiger charge is 2.52. The Morgan fingerprint density at radius 2 is 1.74 bits per heavy atom. The first-order valence-corrected chi connectivity index (χ1v) is 9.65. The molecule has 5 nitrogen and oxygen atoms in total. The van der Waals surface area contributed by atoms with Gasteiger partial charge in [0, 0.05) is 13.1 Å². The van der Waals surface area contributed by atoms with Crippen molar-refractivity contribution in [1.29, 1.82) is 0 Å². The Morgan fingerprint density at radius 3 is 2.30 bits per heavy atom. The van der Waals surface area contributed by atoms with Crippen molar-refractivity contribution in [3.05, 3.63) is 29.8 Å². The van der Waals surface area contributed by atoms with Gasteiger partial charge in [0.25, 0.3) is 0 Å². The third-order valence-corrected chi connectivity index (χ3v) is 7.02. The van der Waals surface area contributed by atoms with Crippen molar-refractivity contribution in [1.82, 2.24) is 4.31 Å². The second-order valence-corrected chi connectivity index (χ2v) is 9.38. The molecule has 2 aliphatic heterocycles. The zero-order valence-corrected chi connectivity index (χ0v) is 15.0. The van der Waals surface area contributed by atoms with Gasteiger partial charge in [0.1, 0.15) is 0 Å². The molecule has 2 saturated heterocycles. The van der Waals surface area contributed by atoms with Crippen LogP contribution in [0, 0.1) is 0 Å². The molecule has 1 aromatic carbocycles. The lowest BCUT2D eigenvalue weighted by Crippen LogP contribution is -2.41. The molecule has 7 heteroatoms. The summed E-state index contributed by atoms with van der Waals surface area (Å²) in [6.07, 6.45) is 0.695. The Morgan fingerprint density at radius 1 is 1.13 bits per heavy atom.